The van der Waals surface area contributed by atoms with Gasteiger partial charge >= 0.3 is 0 Å². The lowest BCUT2D eigenvalue weighted by Gasteiger charge is -2.14. The molecular weight excluding hydrogens is 124 g/mol. The minimum absolute atomic E-state index is 0.958. The number of nitrogens with zero attached hydrogens (tertiary/aromatic N) is 1. The van der Waals surface area contributed by atoms with Crippen LogP contribution in [0.5, 0.6) is 0 Å². The van der Waals surface area contributed by atoms with Gasteiger partial charge in [0.2, 0.25) is 0 Å². The van der Waals surface area contributed by atoms with Gasteiger partial charge in [0.1, 0.15) is 0 Å². The molecule has 2 nitrogen and oxygen atoms in total. The molecule has 1 N–H and O–H groups in total. The molecule has 10 heavy (non-hydrogen) atoms. The fraction of sp³-hybridized carbons (Fsp3) is 0.375. The fourth-order valence-electron chi connectivity index (χ4n) is 1.23. The molecule has 0 fully saturated rings. The third-order valence-electron chi connectivity index (χ3n) is 1.80. The first kappa shape index (κ1) is 5.86. The number of hydrogen-bond donors (Lipinski definition) is 1. The van der Waals surface area contributed by atoms with Crippen LogP contribution >= 0.6 is 0 Å². The molecule has 1 radical (unpaired) electrons. The van der Waals surface area contributed by atoms with Crippen LogP contribution in [0.1, 0.15) is 11.1 Å². The average molecular weight is 133 g/mol. The first-order valence-corrected chi connectivity index (χ1v) is 3.51. The molecule has 1 aliphatic rings. The highest BCUT2D eigenvalue weighted by atomic mass is 14.9. The van der Waals surface area contributed by atoms with Crippen LogP contribution in [0.15, 0.2) is 12.4 Å². The molecule has 2 heteroatoms. The van der Waals surface area contributed by atoms with Crippen molar-refractivity contribution in [1.82, 2.24) is 10.3 Å². The Bertz CT molecular complexity index is 207. The summed E-state index contributed by atoms with van der Waals surface area (Å²) < 4.78 is 0. The quantitative estimate of drug-likeness (QED) is 0.558. The van der Waals surface area contributed by atoms with Crippen LogP contribution in [-0.4, -0.2) is 11.5 Å². The molecule has 0 amide bonds. The van der Waals surface area contributed by atoms with E-state index in [9.17, 15) is 0 Å². The molecule has 51 valence electrons. The summed E-state index contributed by atoms with van der Waals surface area (Å²) >= 11 is 0. The highest BCUT2D eigenvalue weighted by Gasteiger charge is 2.06. The Labute approximate surface area is 60.3 Å². The minimum atomic E-state index is 0.958. The lowest BCUT2D eigenvalue weighted by atomic mass is 10.0. The van der Waals surface area contributed by atoms with Crippen molar-refractivity contribution < 1.29 is 0 Å². The Morgan fingerprint density at radius 3 is 3.50 bits per heavy atom. The van der Waals surface area contributed by atoms with Crippen molar-refractivity contribution in [2.24, 2.45) is 0 Å². The number of pyridine rings is 1. The van der Waals surface area contributed by atoms with Crippen LogP contribution in [0.25, 0.3) is 0 Å². The molecule has 0 unspecified atom stereocenters. The summed E-state index contributed by atoms with van der Waals surface area (Å²) in [5.74, 6) is 0. The Morgan fingerprint density at radius 1 is 1.60 bits per heavy atom. The SMILES string of the molecule is [c]1cncc2c1CCNC2. The van der Waals surface area contributed by atoms with Gasteiger partial charge in [0.25, 0.3) is 0 Å². The van der Waals surface area contributed by atoms with Gasteiger partial charge in [-0.05, 0) is 24.1 Å². The monoisotopic (exact) mass is 133 g/mol. The van der Waals surface area contributed by atoms with Gasteiger partial charge in [0.15, 0.2) is 0 Å². The van der Waals surface area contributed by atoms with E-state index in [2.05, 4.69) is 16.4 Å². The predicted octanol–water partition coefficient (Wildman–Crippen LogP) is 0.527. The second-order valence-corrected chi connectivity index (χ2v) is 2.48. The Kier molecular flexibility index (Phi) is 1.40. The van der Waals surface area contributed by atoms with Crippen molar-refractivity contribution in [2.75, 3.05) is 6.54 Å². The summed E-state index contributed by atoms with van der Waals surface area (Å²) in [7, 11) is 0. The fourth-order valence-corrected chi connectivity index (χ4v) is 1.23. The first-order chi connectivity index (χ1) is 4.97. The molecule has 1 aromatic rings. The summed E-state index contributed by atoms with van der Waals surface area (Å²) in [5, 5.41) is 3.28. The second kappa shape index (κ2) is 2.39. The topological polar surface area (TPSA) is 24.9 Å². The van der Waals surface area contributed by atoms with Gasteiger partial charge in [0, 0.05) is 25.0 Å². The minimum Gasteiger partial charge on any atom is -0.312 e. The molecule has 0 aliphatic carbocycles. The smallest absolute Gasteiger partial charge is 0.0350 e. The summed E-state index contributed by atoms with van der Waals surface area (Å²) in [4.78, 5) is 4.00. The summed E-state index contributed by atoms with van der Waals surface area (Å²) in [6, 6.07) is 3.14. The zero-order chi connectivity index (χ0) is 6.81. The molecule has 2 rings (SSSR count). The third-order valence-corrected chi connectivity index (χ3v) is 1.80. The molecule has 0 aromatic carbocycles. The second-order valence-electron chi connectivity index (χ2n) is 2.48. The maximum atomic E-state index is 4.00. The van der Waals surface area contributed by atoms with E-state index in [4.69, 9.17) is 0 Å². The van der Waals surface area contributed by atoms with Gasteiger partial charge in [-0.1, -0.05) is 0 Å². The van der Waals surface area contributed by atoms with Gasteiger partial charge in [-0.2, -0.15) is 0 Å². The van der Waals surface area contributed by atoms with E-state index in [1.54, 1.807) is 6.20 Å². The zero-order valence-corrected chi connectivity index (χ0v) is 5.72. The maximum Gasteiger partial charge on any atom is 0.0350 e. The van der Waals surface area contributed by atoms with Gasteiger partial charge < -0.3 is 5.32 Å². The van der Waals surface area contributed by atoms with E-state index in [1.807, 2.05) is 6.20 Å². The average Bonchev–Trinajstić information content (AvgIpc) is 2.05. The van der Waals surface area contributed by atoms with Crippen LogP contribution in [0.2, 0.25) is 0 Å². The summed E-state index contributed by atoms with van der Waals surface area (Å²) in [6.45, 7) is 2.03. The molecular formula is C8H9N2. The summed E-state index contributed by atoms with van der Waals surface area (Å²) in [5.41, 5.74) is 2.63. The first-order valence-electron chi connectivity index (χ1n) is 3.51. The molecule has 0 spiro atoms. The van der Waals surface area contributed by atoms with Crippen LogP contribution in [0.3, 0.4) is 0 Å². The normalized spacial score (nSPS) is 16.4. The van der Waals surface area contributed by atoms with Gasteiger partial charge in [-0.15, -0.1) is 0 Å². The number of fused-ring (bicyclic) bond motifs is 1. The Hall–Kier alpha value is -0.890. The molecule has 1 aromatic heterocycles. The lowest BCUT2D eigenvalue weighted by Crippen LogP contribution is -2.23. The van der Waals surface area contributed by atoms with E-state index in [0.29, 0.717) is 0 Å². The van der Waals surface area contributed by atoms with Crippen LogP contribution in [0, 0.1) is 6.07 Å². The molecule has 0 bridgehead atoms. The van der Waals surface area contributed by atoms with Gasteiger partial charge in [-0.3, -0.25) is 4.98 Å². The van der Waals surface area contributed by atoms with Crippen molar-refractivity contribution >= 4 is 0 Å². The number of hydrogen-bond acceptors (Lipinski definition) is 2. The van der Waals surface area contributed by atoms with Crippen molar-refractivity contribution in [1.29, 1.82) is 0 Å². The molecule has 0 saturated carbocycles. The standard InChI is InChI=1S/C8H9N2/c1-3-9-5-8-6-10-4-2-7(1)8/h4,6,9H,1,3,5H2. The van der Waals surface area contributed by atoms with Crippen molar-refractivity contribution in [3.8, 4) is 0 Å². The number of nitrogens with one attached hydrogen (secondary N) is 1. The third kappa shape index (κ3) is 0.907. The van der Waals surface area contributed by atoms with Crippen molar-refractivity contribution in [2.45, 2.75) is 13.0 Å². The Balaban J connectivity index is 2.41. The van der Waals surface area contributed by atoms with E-state index < -0.39 is 0 Å². The van der Waals surface area contributed by atoms with Crippen LogP contribution in [0.4, 0.5) is 0 Å². The maximum absolute atomic E-state index is 4.00. The largest absolute Gasteiger partial charge is 0.312 e. The van der Waals surface area contributed by atoms with Crippen molar-refractivity contribution in [3.05, 3.63) is 29.6 Å². The van der Waals surface area contributed by atoms with Crippen LogP contribution < -0.4 is 5.32 Å². The van der Waals surface area contributed by atoms with Gasteiger partial charge in [0.05, 0.1) is 0 Å². The van der Waals surface area contributed by atoms with Crippen LogP contribution in [-0.2, 0) is 13.0 Å². The van der Waals surface area contributed by atoms with E-state index in [-0.39, 0.29) is 0 Å². The Morgan fingerprint density at radius 2 is 2.60 bits per heavy atom. The van der Waals surface area contributed by atoms with E-state index in [0.717, 1.165) is 19.5 Å². The van der Waals surface area contributed by atoms with E-state index in [1.165, 1.54) is 11.1 Å². The molecule has 1 aliphatic heterocycles. The zero-order valence-electron chi connectivity index (χ0n) is 5.72. The lowest BCUT2D eigenvalue weighted by molar-refractivity contribution is 0.640. The highest BCUT2D eigenvalue weighted by Crippen LogP contribution is 2.09. The van der Waals surface area contributed by atoms with Gasteiger partial charge in [-0.25, -0.2) is 0 Å². The predicted molar refractivity (Wildman–Crippen MR) is 38.5 cm³/mol. The van der Waals surface area contributed by atoms with E-state index >= 15 is 0 Å². The highest BCUT2D eigenvalue weighted by molar-refractivity contribution is 5.24. The molecule has 0 saturated heterocycles. The number of aromatic nitrogens is 1. The summed E-state index contributed by atoms with van der Waals surface area (Å²) in [6.07, 6.45) is 4.75. The van der Waals surface area contributed by atoms with Crippen molar-refractivity contribution in [3.63, 3.8) is 0 Å². The molecule has 2 heterocycles. The number of rotatable bonds is 0. The molecule has 0 atom stereocenters.